The summed E-state index contributed by atoms with van der Waals surface area (Å²) in [5.74, 6) is -1.16. The van der Waals surface area contributed by atoms with Crippen molar-refractivity contribution in [2.45, 2.75) is 19.1 Å². The number of carbonyl (C=O) groups is 1. The monoisotopic (exact) mass is 293 g/mol. The van der Waals surface area contributed by atoms with Crippen LogP contribution in [0.25, 0.3) is 0 Å². The van der Waals surface area contributed by atoms with Crippen LogP contribution in [0.5, 0.6) is 11.5 Å². The van der Waals surface area contributed by atoms with Crippen LogP contribution in [0.3, 0.4) is 0 Å². The van der Waals surface area contributed by atoms with Crippen molar-refractivity contribution in [3.63, 3.8) is 0 Å². The topological polar surface area (TPSA) is 81.8 Å². The number of phenols is 1. The molecule has 0 amide bonds. The van der Waals surface area contributed by atoms with Gasteiger partial charge in [0.1, 0.15) is 0 Å². The number of aromatic hydroxyl groups is 1. The molecule has 0 aliphatic carbocycles. The minimum absolute atomic E-state index is 0. The second-order valence-electron chi connectivity index (χ2n) is 3.58. The van der Waals surface area contributed by atoms with Crippen molar-refractivity contribution < 1.29 is 23.8 Å². The molecule has 1 aromatic rings. The molecule has 1 aromatic carbocycles. The lowest BCUT2D eigenvalue weighted by atomic mass is 10.0. The molecule has 5 nitrogen and oxygen atoms in total. The maximum Gasteiger partial charge on any atom is 0.342 e. The van der Waals surface area contributed by atoms with E-state index in [4.69, 9.17) is 10.5 Å². The molecule has 0 saturated carbocycles. The van der Waals surface area contributed by atoms with Gasteiger partial charge in [-0.2, -0.15) is 0 Å². The molecule has 0 saturated heterocycles. The first-order chi connectivity index (χ1) is 8.52. The summed E-state index contributed by atoms with van der Waals surface area (Å²) in [5.41, 5.74) is 5.70. The fourth-order valence-corrected chi connectivity index (χ4v) is 1.50. The van der Waals surface area contributed by atoms with E-state index < -0.39 is 18.2 Å². The number of ether oxygens (including phenoxy) is 2. The fraction of sp³-hybridized carbons (Fsp3) is 0.417. The predicted octanol–water partition coefficient (Wildman–Crippen LogP) is 1.72. The number of hydrogen-bond acceptors (Lipinski definition) is 5. The van der Waals surface area contributed by atoms with E-state index in [2.05, 4.69) is 4.74 Å². The molecule has 2 atom stereocenters. The Kier molecular flexibility index (Phi) is 7.18. The number of esters is 1. The Bertz CT molecular complexity index is 430. The Morgan fingerprint density at radius 3 is 2.68 bits per heavy atom. The van der Waals surface area contributed by atoms with Crippen LogP contribution in [-0.2, 0) is 9.53 Å². The number of rotatable bonds is 5. The number of carbonyl (C=O) groups excluding carboxylic acids is 1. The van der Waals surface area contributed by atoms with E-state index >= 15 is 0 Å². The molecule has 0 aliphatic rings. The predicted molar refractivity (Wildman–Crippen MR) is 70.4 cm³/mol. The lowest BCUT2D eigenvalue weighted by Gasteiger charge is -2.18. The van der Waals surface area contributed by atoms with Crippen molar-refractivity contribution in [3.8, 4) is 11.5 Å². The third-order valence-electron chi connectivity index (χ3n) is 2.44. The highest BCUT2D eigenvalue weighted by atomic mass is 35.5. The zero-order chi connectivity index (χ0) is 13.7. The van der Waals surface area contributed by atoms with Crippen molar-refractivity contribution in [1.82, 2.24) is 0 Å². The van der Waals surface area contributed by atoms with Gasteiger partial charge in [0.25, 0.3) is 0 Å². The van der Waals surface area contributed by atoms with Crippen LogP contribution in [0.4, 0.5) is 4.39 Å². The molecule has 3 N–H and O–H groups in total. The molecule has 0 bridgehead atoms. The smallest absolute Gasteiger partial charge is 0.342 e. The first-order valence-electron chi connectivity index (χ1n) is 5.45. The highest BCUT2D eigenvalue weighted by molar-refractivity contribution is 5.85. The van der Waals surface area contributed by atoms with Gasteiger partial charge < -0.3 is 20.3 Å². The number of methoxy groups -OCH3 is 1. The van der Waals surface area contributed by atoms with Crippen molar-refractivity contribution in [2.24, 2.45) is 5.73 Å². The van der Waals surface area contributed by atoms with E-state index in [1.54, 1.807) is 13.0 Å². The summed E-state index contributed by atoms with van der Waals surface area (Å²) < 4.78 is 23.1. The van der Waals surface area contributed by atoms with Crippen LogP contribution in [-0.4, -0.2) is 31.0 Å². The Hall–Kier alpha value is -1.53. The van der Waals surface area contributed by atoms with Gasteiger partial charge in [-0.05, 0) is 13.0 Å². The van der Waals surface area contributed by atoms with E-state index in [0.29, 0.717) is 0 Å². The number of para-hydroxylation sites is 1. The quantitative estimate of drug-likeness (QED) is 0.808. The molecule has 108 valence electrons. The van der Waals surface area contributed by atoms with E-state index in [0.717, 1.165) is 0 Å². The van der Waals surface area contributed by atoms with Crippen LogP contribution >= 0.6 is 12.4 Å². The number of phenolic OH excluding ortho intramolecular Hbond substituents is 1. The van der Waals surface area contributed by atoms with E-state index in [1.807, 2.05) is 0 Å². The minimum atomic E-state index is -2.04. The highest BCUT2D eigenvalue weighted by Crippen LogP contribution is 2.34. The summed E-state index contributed by atoms with van der Waals surface area (Å²) in [4.78, 5) is 11.2. The number of halogens is 2. The number of hydrogen-bond donors (Lipinski definition) is 2. The molecule has 1 rings (SSSR count). The molecule has 0 spiro atoms. The van der Waals surface area contributed by atoms with Crippen molar-refractivity contribution in [3.05, 3.63) is 23.8 Å². The lowest BCUT2D eigenvalue weighted by Crippen LogP contribution is -2.31. The molecular weight excluding hydrogens is 277 g/mol. The van der Waals surface area contributed by atoms with Crippen LogP contribution in [0.1, 0.15) is 18.5 Å². The Balaban J connectivity index is 0.00000324. The fourth-order valence-electron chi connectivity index (χ4n) is 1.50. The standard InChI is InChI=1S/C12H16FNO4.ClH/c1-3-18-12(16)9(13)10(14)7-5-4-6-8(17-2)11(7)15;/h4-6,9-10,15H,3,14H2,1-2H3;1H/t9?,10-;/m1./s1. The molecule has 0 radical (unpaired) electrons. The average Bonchev–Trinajstić information content (AvgIpc) is 2.37. The summed E-state index contributed by atoms with van der Waals surface area (Å²) in [6, 6.07) is 3.17. The molecule has 7 heteroatoms. The molecule has 19 heavy (non-hydrogen) atoms. The number of nitrogens with two attached hydrogens (primary N) is 1. The Labute approximate surface area is 116 Å². The van der Waals surface area contributed by atoms with Gasteiger partial charge in [-0.1, -0.05) is 12.1 Å². The molecule has 0 fully saturated rings. The second-order valence-corrected chi connectivity index (χ2v) is 3.58. The number of alkyl halides is 1. The summed E-state index contributed by atoms with van der Waals surface area (Å²) in [5, 5.41) is 9.80. The second kappa shape index (κ2) is 7.81. The lowest BCUT2D eigenvalue weighted by molar-refractivity contribution is -0.149. The van der Waals surface area contributed by atoms with Crippen LogP contribution in [0, 0.1) is 0 Å². The van der Waals surface area contributed by atoms with Gasteiger partial charge in [0.05, 0.1) is 19.8 Å². The molecule has 0 aromatic heterocycles. The van der Waals surface area contributed by atoms with Gasteiger partial charge in [0.2, 0.25) is 6.17 Å². The molecule has 0 aliphatic heterocycles. The van der Waals surface area contributed by atoms with Gasteiger partial charge in [0, 0.05) is 5.56 Å². The maximum absolute atomic E-state index is 13.7. The SMILES string of the molecule is CCOC(=O)C(F)[C@H](N)c1cccc(OC)c1O.Cl. The first kappa shape index (κ1) is 17.5. The van der Waals surface area contributed by atoms with Gasteiger partial charge in [-0.25, -0.2) is 9.18 Å². The summed E-state index contributed by atoms with van der Waals surface area (Å²) in [6.07, 6.45) is -2.04. The number of benzene rings is 1. The van der Waals surface area contributed by atoms with E-state index in [-0.39, 0.29) is 36.1 Å². The molecular formula is C12H17ClFNO4. The van der Waals surface area contributed by atoms with Crippen LogP contribution in [0.2, 0.25) is 0 Å². The normalized spacial score (nSPS) is 13.1. The third kappa shape index (κ3) is 3.97. The Morgan fingerprint density at radius 1 is 1.53 bits per heavy atom. The first-order valence-corrected chi connectivity index (χ1v) is 5.45. The van der Waals surface area contributed by atoms with Crippen LogP contribution in [0.15, 0.2) is 18.2 Å². The zero-order valence-corrected chi connectivity index (χ0v) is 11.4. The molecule has 1 unspecified atom stereocenters. The van der Waals surface area contributed by atoms with E-state index in [1.165, 1.54) is 19.2 Å². The Morgan fingerprint density at radius 2 is 2.16 bits per heavy atom. The van der Waals surface area contributed by atoms with Crippen molar-refractivity contribution in [2.75, 3.05) is 13.7 Å². The van der Waals surface area contributed by atoms with Gasteiger partial charge >= 0.3 is 5.97 Å². The summed E-state index contributed by atoms with van der Waals surface area (Å²) in [6.45, 7) is 1.63. The van der Waals surface area contributed by atoms with Gasteiger partial charge in [0.15, 0.2) is 11.5 Å². The van der Waals surface area contributed by atoms with Gasteiger partial charge in [-0.3, -0.25) is 0 Å². The summed E-state index contributed by atoms with van der Waals surface area (Å²) in [7, 11) is 1.36. The largest absolute Gasteiger partial charge is 0.504 e. The van der Waals surface area contributed by atoms with Crippen LogP contribution < -0.4 is 10.5 Å². The zero-order valence-electron chi connectivity index (χ0n) is 10.6. The van der Waals surface area contributed by atoms with E-state index in [9.17, 15) is 14.3 Å². The highest BCUT2D eigenvalue weighted by Gasteiger charge is 2.30. The van der Waals surface area contributed by atoms with Gasteiger partial charge in [-0.15, -0.1) is 12.4 Å². The average molecular weight is 294 g/mol. The maximum atomic E-state index is 13.7. The van der Waals surface area contributed by atoms with Crippen molar-refractivity contribution >= 4 is 18.4 Å². The summed E-state index contributed by atoms with van der Waals surface area (Å²) >= 11 is 0. The molecule has 0 heterocycles. The van der Waals surface area contributed by atoms with Crippen molar-refractivity contribution in [1.29, 1.82) is 0 Å². The minimum Gasteiger partial charge on any atom is -0.504 e. The third-order valence-corrected chi connectivity index (χ3v) is 2.44.